The minimum absolute atomic E-state index is 0.0878. The van der Waals surface area contributed by atoms with Crippen LogP contribution < -0.4 is 5.32 Å². The van der Waals surface area contributed by atoms with Crippen molar-refractivity contribution in [1.82, 2.24) is 10.2 Å². The second-order valence-electron chi connectivity index (χ2n) is 5.72. The van der Waals surface area contributed by atoms with Crippen LogP contribution in [-0.4, -0.2) is 40.6 Å². The Morgan fingerprint density at radius 1 is 1.11 bits per heavy atom. The summed E-state index contributed by atoms with van der Waals surface area (Å²) in [7, 11) is 0. The summed E-state index contributed by atoms with van der Waals surface area (Å²) in [4.78, 5) is 23.6. The number of nitrogens with zero attached hydrogens (tertiary/aromatic N) is 1. The highest BCUT2D eigenvalue weighted by Crippen LogP contribution is 2.14. The molecule has 0 aromatic heterocycles. The van der Waals surface area contributed by atoms with Crippen LogP contribution in [0.15, 0.2) is 0 Å². The molecule has 112 valence electrons. The zero-order chi connectivity index (χ0) is 14.9. The molecule has 0 aromatic rings. The van der Waals surface area contributed by atoms with Gasteiger partial charge in [-0.1, -0.05) is 19.8 Å². The van der Waals surface area contributed by atoms with Crippen molar-refractivity contribution in [2.75, 3.05) is 13.1 Å². The molecule has 0 aliphatic carbocycles. The maximum absolute atomic E-state index is 11.1. The lowest BCUT2D eigenvalue weighted by Gasteiger charge is -2.33. The molecule has 0 aromatic carbocycles. The molecule has 0 heterocycles. The number of rotatable bonds is 8. The molecule has 0 fully saturated rings. The SMILES string of the molecule is CCC(=O)NCCCCCCN(C(=O)O)C(C)(C)C. The Labute approximate surface area is 116 Å². The Morgan fingerprint density at radius 3 is 2.16 bits per heavy atom. The Morgan fingerprint density at radius 2 is 1.68 bits per heavy atom. The zero-order valence-electron chi connectivity index (χ0n) is 12.7. The lowest BCUT2D eigenvalue weighted by molar-refractivity contribution is -0.120. The predicted molar refractivity (Wildman–Crippen MR) is 76.3 cm³/mol. The molecular formula is C14H28N2O3. The Kier molecular flexibility index (Phi) is 8.19. The van der Waals surface area contributed by atoms with Crippen LogP contribution in [0.2, 0.25) is 0 Å². The highest BCUT2D eigenvalue weighted by molar-refractivity contribution is 5.75. The van der Waals surface area contributed by atoms with Gasteiger partial charge in [-0.15, -0.1) is 0 Å². The van der Waals surface area contributed by atoms with Gasteiger partial charge in [0, 0.05) is 25.0 Å². The molecule has 0 saturated heterocycles. The highest BCUT2D eigenvalue weighted by Gasteiger charge is 2.24. The zero-order valence-corrected chi connectivity index (χ0v) is 12.7. The van der Waals surface area contributed by atoms with Crippen LogP contribution in [0.1, 0.15) is 59.8 Å². The first kappa shape index (κ1) is 17.7. The van der Waals surface area contributed by atoms with Crippen LogP contribution in [0, 0.1) is 0 Å². The van der Waals surface area contributed by atoms with E-state index in [2.05, 4.69) is 5.32 Å². The summed E-state index contributed by atoms with van der Waals surface area (Å²) in [5, 5.41) is 11.9. The van der Waals surface area contributed by atoms with E-state index in [-0.39, 0.29) is 11.4 Å². The standard InChI is InChI=1S/C14H28N2O3/c1-5-12(17)15-10-8-6-7-9-11-16(13(18)19)14(2,3)4/h5-11H2,1-4H3,(H,15,17)(H,18,19). The number of amides is 2. The molecule has 0 radical (unpaired) electrons. The van der Waals surface area contributed by atoms with Crippen LogP contribution in [0.5, 0.6) is 0 Å². The summed E-state index contributed by atoms with van der Waals surface area (Å²) in [6.07, 6.45) is 3.49. The van der Waals surface area contributed by atoms with Crippen LogP contribution in [-0.2, 0) is 4.79 Å². The van der Waals surface area contributed by atoms with Crippen molar-refractivity contribution < 1.29 is 14.7 Å². The average molecular weight is 272 g/mol. The van der Waals surface area contributed by atoms with Gasteiger partial charge in [0.05, 0.1) is 0 Å². The lowest BCUT2D eigenvalue weighted by atomic mass is 10.1. The van der Waals surface area contributed by atoms with Gasteiger partial charge >= 0.3 is 6.09 Å². The topological polar surface area (TPSA) is 69.6 Å². The van der Waals surface area contributed by atoms with Crippen LogP contribution in [0.3, 0.4) is 0 Å². The summed E-state index contributed by atoms with van der Waals surface area (Å²) in [6, 6.07) is 0. The molecule has 19 heavy (non-hydrogen) atoms. The minimum Gasteiger partial charge on any atom is -0.465 e. The first-order valence-electron chi connectivity index (χ1n) is 7.06. The number of unbranched alkanes of at least 4 members (excludes halogenated alkanes) is 3. The third-order valence-electron chi connectivity index (χ3n) is 2.99. The predicted octanol–water partition coefficient (Wildman–Crippen LogP) is 2.85. The van der Waals surface area contributed by atoms with Crippen molar-refractivity contribution in [2.24, 2.45) is 0 Å². The van der Waals surface area contributed by atoms with Gasteiger partial charge in [0.2, 0.25) is 5.91 Å². The molecule has 0 rings (SSSR count). The fourth-order valence-corrected chi connectivity index (χ4v) is 1.82. The number of hydrogen-bond acceptors (Lipinski definition) is 2. The van der Waals surface area contributed by atoms with E-state index >= 15 is 0 Å². The summed E-state index contributed by atoms with van der Waals surface area (Å²) >= 11 is 0. The molecule has 0 aliphatic rings. The summed E-state index contributed by atoms with van der Waals surface area (Å²) in [6.45, 7) is 8.83. The number of nitrogens with one attached hydrogen (secondary N) is 1. The molecule has 0 saturated carbocycles. The van der Waals surface area contributed by atoms with E-state index in [4.69, 9.17) is 5.11 Å². The maximum atomic E-state index is 11.1. The van der Waals surface area contributed by atoms with Crippen LogP contribution in [0.4, 0.5) is 4.79 Å². The molecule has 5 nitrogen and oxygen atoms in total. The molecule has 0 bridgehead atoms. The first-order chi connectivity index (χ1) is 8.79. The van der Waals surface area contributed by atoms with E-state index in [1.807, 2.05) is 27.7 Å². The molecule has 0 spiro atoms. The molecule has 2 amide bonds. The van der Waals surface area contributed by atoms with Gasteiger partial charge in [0.25, 0.3) is 0 Å². The Bertz CT molecular complexity index is 285. The second kappa shape index (κ2) is 8.77. The van der Waals surface area contributed by atoms with Crippen LogP contribution >= 0.6 is 0 Å². The average Bonchev–Trinajstić information content (AvgIpc) is 2.29. The maximum Gasteiger partial charge on any atom is 0.407 e. The Balaban J connectivity index is 3.68. The van der Waals surface area contributed by atoms with Crippen molar-refractivity contribution in [3.8, 4) is 0 Å². The monoisotopic (exact) mass is 272 g/mol. The molecule has 5 heteroatoms. The fraction of sp³-hybridized carbons (Fsp3) is 0.857. The smallest absolute Gasteiger partial charge is 0.407 e. The second-order valence-corrected chi connectivity index (χ2v) is 5.72. The largest absolute Gasteiger partial charge is 0.465 e. The van der Waals surface area contributed by atoms with Crippen molar-refractivity contribution in [3.05, 3.63) is 0 Å². The lowest BCUT2D eigenvalue weighted by Crippen LogP contribution is -2.45. The van der Waals surface area contributed by atoms with Gasteiger partial charge < -0.3 is 15.3 Å². The summed E-state index contributed by atoms with van der Waals surface area (Å²) in [5.41, 5.74) is -0.346. The third-order valence-corrected chi connectivity index (χ3v) is 2.99. The van der Waals surface area contributed by atoms with E-state index in [9.17, 15) is 9.59 Å². The van der Waals surface area contributed by atoms with Gasteiger partial charge in [-0.3, -0.25) is 4.79 Å². The number of carbonyl (C=O) groups is 2. The Hall–Kier alpha value is -1.26. The van der Waals surface area contributed by atoms with Gasteiger partial charge in [0.15, 0.2) is 0 Å². The fourth-order valence-electron chi connectivity index (χ4n) is 1.82. The van der Waals surface area contributed by atoms with Crippen molar-refractivity contribution in [2.45, 2.75) is 65.3 Å². The van der Waals surface area contributed by atoms with E-state index < -0.39 is 6.09 Å². The number of carbonyl (C=O) groups excluding carboxylic acids is 1. The van der Waals surface area contributed by atoms with E-state index in [0.717, 1.165) is 25.7 Å². The quantitative estimate of drug-likeness (QED) is 0.667. The van der Waals surface area contributed by atoms with E-state index in [1.54, 1.807) is 0 Å². The summed E-state index contributed by atoms with van der Waals surface area (Å²) in [5.74, 6) is 0.0878. The molecule has 0 atom stereocenters. The molecular weight excluding hydrogens is 244 g/mol. The van der Waals surface area contributed by atoms with Crippen molar-refractivity contribution >= 4 is 12.0 Å². The summed E-state index contributed by atoms with van der Waals surface area (Å²) < 4.78 is 0. The van der Waals surface area contributed by atoms with Gasteiger partial charge in [-0.2, -0.15) is 0 Å². The van der Waals surface area contributed by atoms with Crippen molar-refractivity contribution in [3.63, 3.8) is 0 Å². The minimum atomic E-state index is -0.859. The number of hydrogen-bond donors (Lipinski definition) is 2. The normalized spacial score (nSPS) is 11.2. The number of carboxylic acid groups (broad SMARTS) is 1. The molecule has 0 unspecified atom stereocenters. The molecule has 0 aliphatic heterocycles. The molecule has 2 N–H and O–H groups in total. The van der Waals surface area contributed by atoms with E-state index in [0.29, 0.717) is 19.5 Å². The van der Waals surface area contributed by atoms with E-state index in [1.165, 1.54) is 4.90 Å². The van der Waals surface area contributed by atoms with Gasteiger partial charge in [0.1, 0.15) is 0 Å². The van der Waals surface area contributed by atoms with Gasteiger partial charge in [-0.25, -0.2) is 4.79 Å². The first-order valence-corrected chi connectivity index (χ1v) is 7.06. The third kappa shape index (κ3) is 8.46. The van der Waals surface area contributed by atoms with Gasteiger partial charge in [-0.05, 0) is 33.6 Å². The van der Waals surface area contributed by atoms with Crippen LogP contribution in [0.25, 0.3) is 0 Å². The van der Waals surface area contributed by atoms with Crippen molar-refractivity contribution in [1.29, 1.82) is 0 Å². The highest BCUT2D eigenvalue weighted by atomic mass is 16.4.